The van der Waals surface area contributed by atoms with Crippen LogP contribution in [-0.4, -0.2) is 20.2 Å². The van der Waals surface area contributed by atoms with Crippen molar-refractivity contribution in [1.29, 1.82) is 0 Å². The SMILES string of the molecule is O=c1[nH]c(NCc2ccncc2)nnc1-c1cccs1. The van der Waals surface area contributed by atoms with Crippen molar-refractivity contribution in [3.63, 3.8) is 0 Å². The Kier molecular flexibility index (Phi) is 3.51. The zero-order valence-corrected chi connectivity index (χ0v) is 11.2. The predicted molar refractivity (Wildman–Crippen MR) is 77.5 cm³/mol. The predicted octanol–water partition coefficient (Wildman–Crippen LogP) is 1.90. The van der Waals surface area contributed by atoms with E-state index in [0.29, 0.717) is 18.2 Å². The number of nitrogens with zero attached hydrogens (tertiary/aromatic N) is 3. The summed E-state index contributed by atoms with van der Waals surface area (Å²) in [6, 6.07) is 7.49. The zero-order valence-electron chi connectivity index (χ0n) is 10.4. The van der Waals surface area contributed by atoms with Crippen LogP contribution in [0.25, 0.3) is 10.6 Å². The molecule has 0 amide bonds. The Morgan fingerprint density at radius 2 is 2.05 bits per heavy atom. The van der Waals surface area contributed by atoms with Crippen LogP contribution in [-0.2, 0) is 6.54 Å². The second-order valence-electron chi connectivity index (χ2n) is 4.04. The number of anilines is 1. The van der Waals surface area contributed by atoms with Gasteiger partial charge in [-0.05, 0) is 29.1 Å². The van der Waals surface area contributed by atoms with E-state index in [1.54, 1.807) is 12.4 Å². The number of aromatic nitrogens is 4. The second-order valence-corrected chi connectivity index (χ2v) is 4.99. The molecule has 0 aromatic carbocycles. The van der Waals surface area contributed by atoms with Crippen LogP contribution in [0, 0.1) is 0 Å². The highest BCUT2D eigenvalue weighted by Crippen LogP contribution is 2.18. The minimum absolute atomic E-state index is 0.250. The summed E-state index contributed by atoms with van der Waals surface area (Å²) in [7, 11) is 0. The summed E-state index contributed by atoms with van der Waals surface area (Å²) in [5, 5.41) is 12.9. The molecule has 3 aromatic rings. The fourth-order valence-corrected chi connectivity index (χ4v) is 2.38. The first-order valence-electron chi connectivity index (χ1n) is 5.96. The van der Waals surface area contributed by atoms with Gasteiger partial charge in [0, 0.05) is 18.9 Å². The molecule has 6 nitrogen and oxygen atoms in total. The molecule has 0 bridgehead atoms. The Morgan fingerprint density at radius 3 is 2.75 bits per heavy atom. The van der Waals surface area contributed by atoms with Crippen molar-refractivity contribution in [1.82, 2.24) is 20.2 Å². The largest absolute Gasteiger partial charge is 0.350 e. The molecule has 0 radical (unpaired) electrons. The van der Waals surface area contributed by atoms with Gasteiger partial charge in [0.25, 0.3) is 5.56 Å². The van der Waals surface area contributed by atoms with Gasteiger partial charge >= 0.3 is 0 Å². The number of nitrogens with one attached hydrogen (secondary N) is 2. The monoisotopic (exact) mass is 285 g/mol. The van der Waals surface area contributed by atoms with Crippen LogP contribution in [0.3, 0.4) is 0 Å². The molecule has 0 unspecified atom stereocenters. The molecule has 0 spiro atoms. The minimum Gasteiger partial charge on any atom is -0.350 e. The molecular weight excluding hydrogens is 274 g/mol. The molecule has 7 heteroatoms. The summed E-state index contributed by atoms with van der Waals surface area (Å²) in [4.78, 5) is 19.4. The molecule has 0 saturated carbocycles. The molecule has 20 heavy (non-hydrogen) atoms. The second kappa shape index (κ2) is 5.62. The van der Waals surface area contributed by atoms with Gasteiger partial charge in [-0.25, -0.2) is 0 Å². The summed E-state index contributed by atoms with van der Waals surface area (Å²) in [5.41, 5.74) is 1.14. The van der Waals surface area contributed by atoms with E-state index in [9.17, 15) is 4.79 Å². The number of H-pyrrole nitrogens is 1. The third kappa shape index (κ3) is 2.72. The van der Waals surface area contributed by atoms with Crippen molar-refractivity contribution >= 4 is 17.3 Å². The highest BCUT2D eigenvalue weighted by atomic mass is 32.1. The smallest absolute Gasteiger partial charge is 0.279 e. The fraction of sp³-hybridized carbons (Fsp3) is 0.0769. The molecule has 3 aromatic heterocycles. The standard InChI is InChI=1S/C13H11N5OS/c19-12-11(10-2-1-7-20-10)17-18-13(16-12)15-8-9-3-5-14-6-4-9/h1-7H,8H2,(H2,15,16,18,19). The highest BCUT2D eigenvalue weighted by Gasteiger charge is 2.08. The lowest BCUT2D eigenvalue weighted by molar-refractivity contribution is 0.932. The summed E-state index contributed by atoms with van der Waals surface area (Å²) in [6.07, 6.45) is 3.43. The maximum absolute atomic E-state index is 11.9. The molecule has 0 aliphatic heterocycles. The van der Waals surface area contributed by atoms with Gasteiger partial charge in [-0.2, -0.15) is 0 Å². The lowest BCUT2D eigenvalue weighted by Gasteiger charge is -2.04. The molecule has 0 fully saturated rings. The Hall–Kier alpha value is -2.54. The molecule has 2 N–H and O–H groups in total. The van der Waals surface area contributed by atoms with Crippen LogP contribution in [0.15, 0.2) is 46.8 Å². The van der Waals surface area contributed by atoms with Crippen LogP contribution in [0.5, 0.6) is 0 Å². The van der Waals surface area contributed by atoms with E-state index in [4.69, 9.17) is 0 Å². The van der Waals surface area contributed by atoms with Gasteiger partial charge in [0.05, 0.1) is 4.88 Å². The number of hydrogen-bond donors (Lipinski definition) is 2. The Bertz CT molecular complexity index is 739. The van der Waals surface area contributed by atoms with Crippen molar-refractivity contribution in [2.45, 2.75) is 6.54 Å². The average Bonchev–Trinajstić information content (AvgIpc) is 3.00. The van der Waals surface area contributed by atoms with Crippen LogP contribution >= 0.6 is 11.3 Å². The number of hydrogen-bond acceptors (Lipinski definition) is 6. The number of thiophene rings is 1. The summed E-state index contributed by atoms with van der Waals surface area (Å²) < 4.78 is 0. The first-order chi connectivity index (χ1) is 9.83. The van der Waals surface area contributed by atoms with Gasteiger partial charge in [0.15, 0.2) is 5.69 Å². The van der Waals surface area contributed by atoms with E-state index in [0.717, 1.165) is 10.4 Å². The van der Waals surface area contributed by atoms with Crippen molar-refractivity contribution in [3.05, 3.63) is 58.0 Å². The molecule has 0 saturated heterocycles. The molecule has 3 rings (SSSR count). The molecule has 100 valence electrons. The van der Waals surface area contributed by atoms with Crippen LogP contribution in [0.2, 0.25) is 0 Å². The van der Waals surface area contributed by atoms with Crippen molar-refractivity contribution in [2.75, 3.05) is 5.32 Å². The van der Waals surface area contributed by atoms with Crippen LogP contribution in [0.1, 0.15) is 5.56 Å². The first-order valence-corrected chi connectivity index (χ1v) is 6.84. The molecule has 0 aliphatic carbocycles. The lowest BCUT2D eigenvalue weighted by Crippen LogP contribution is -2.16. The van der Waals surface area contributed by atoms with E-state index < -0.39 is 0 Å². The first kappa shape index (κ1) is 12.5. The highest BCUT2D eigenvalue weighted by molar-refractivity contribution is 7.13. The number of aromatic amines is 1. The summed E-state index contributed by atoms with van der Waals surface area (Å²) >= 11 is 1.46. The van der Waals surface area contributed by atoms with E-state index in [1.807, 2.05) is 29.6 Å². The summed E-state index contributed by atoms with van der Waals surface area (Å²) in [5.74, 6) is 0.354. The molecular formula is C13H11N5OS. The Balaban J connectivity index is 1.76. The quantitative estimate of drug-likeness (QED) is 0.765. The van der Waals surface area contributed by atoms with Gasteiger partial charge < -0.3 is 5.32 Å². The molecule has 3 heterocycles. The van der Waals surface area contributed by atoms with E-state index >= 15 is 0 Å². The van der Waals surface area contributed by atoms with Gasteiger partial charge in [0.1, 0.15) is 0 Å². The third-order valence-corrected chi connectivity index (χ3v) is 3.54. The minimum atomic E-state index is -0.250. The van der Waals surface area contributed by atoms with Gasteiger partial charge in [-0.15, -0.1) is 21.5 Å². The van der Waals surface area contributed by atoms with Gasteiger partial charge in [-0.3, -0.25) is 14.8 Å². The van der Waals surface area contributed by atoms with E-state index in [-0.39, 0.29) is 5.56 Å². The van der Waals surface area contributed by atoms with Crippen molar-refractivity contribution < 1.29 is 0 Å². The maximum Gasteiger partial charge on any atom is 0.279 e. The zero-order chi connectivity index (χ0) is 13.8. The van der Waals surface area contributed by atoms with Crippen molar-refractivity contribution in [2.24, 2.45) is 0 Å². The fourth-order valence-electron chi connectivity index (χ4n) is 1.68. The Labute approximate surface area is 118 Å². The molecule has 0 aliphatic rings. The van der Waals surface area contributed by atoms with Crippen LogP contribution < -0.4 is 10.9 Å². The third-order valence-electron chi connectivity index (χ3n) is 2.66. The number of rotatable bonds is 4. The van der Waals surface area contributed by atoms with Gasteiger partial charge in [-0.1, -0.05) is 6.07 Å². The maximum atomic E-state index is 11.9. The summed E-state index contributed by atoms with van der Waals surface area (Å²) in [6.45, 7) is 0.547. The Morgan fingerprint density at radius 1 is 1.20 bits per heavy atom. The number of pyridine rings is 1. The van der Waals surface area contributed by atoms with Crippen LogP contribution in [0.4, 0.5) is 5.95 Å². The molecule has 0 atom stereocenters. The van der Waals surface area contributed by atoms with E-state index in [2.05, 4.69) is 25.5 Å². The van der Waals surface area contributed by atoms with Gasteiger partial charge in [0.2, 0.25) is 5.95 Å². The van der Waals surface area contributed by atoms with E-state index in [1.165, 1.54) is 11.3 Å². The topological polar surface area (TPSA) is 83.6 Å². The lowest BCUT2D eigenvalue weighted by atomic mass is 10.3. The normalized spacial score (nSPS) is 10.4. The average molecular weight is 285 g/mol. The van der Waals surface area contributed by atoms with Crippen molar-refractivity contribution in [3.8, 4) is 10.6 Å².